The van der Waals surface area contributed by atoms with E-state index in [0.29, 0.717) is 6.07 Å². The smallest absolute Gasteiger partial charge is 0.341 e. The van der Waals surface area contributed by atoms with Crippen molar-refractivity contribution in [2.75, 3.05) is 6.61 Å². The van der Waals surface area contributed by atoms with Crippen LogP contribution in [0.5, 0.6) is 0 Å². The van der Waals surface area contributed by atoms with Gasteiger partial charge in [-0.1, -0.05) is 0 Å². The normalized spacial score (nSPS) is 12.2. The average molecular weight is 343 g/mol. The summed E-state index contributed by atoms with van der Waals surface area (Å²) in [7, 11) is 0. The Morgan fingerprint density at radius 3 is 2.29 bits per heavy atom. The summed E-state index contributed by atoms with van der Waals surface area (Å²) in [6, 6.07) is 1.78. The van der Waals surface area contributed by atoms with E-state index in [1.807, 2.05) is 0 Å². The van der Waals surface area contributed by atoms with Gasteiger partial charge in [-0.05, 0) is 33.8 Å². The zero-order valence-corrected chi connectivity index (χ0v) is 13.6. The van der Waals surface area contributed by atoms with Crippen molar-refractivity contribution in [1.82, 2.24) is 0 Å². The van der Waals surface area contributed by atoms with Crippen molar-refractivity contribution in [3.8, 4) is 6.07 Å². The third kappa shape index (κ3) is 4.25. The third-order valence-electron chi connectivity index (χ3n) is 2.75. The lowest BCUT2D eigenvalue weighted by atomic mass is 9.97. The fourth-order valence-corrected chi connectivity index (χ4v) is 1.83. The minimum atomic E-state index is -2.02. The van der Waals surface area contributed by atoms with E-state index >= 15 is 0 Å². The number of benzene rings is 1. The highest BCUT2D eigenvalue weighted by Crippen LogP contribution is 2.29. The molecule has 1 aromatic rings. The summed E-state index contributed by atoms with van der Waals surface area (Å²) in [4.78, 5) is 23.4. The topological polar surface area (TPSA) is 76.4 Å². The van der Waals surface area contributed by atoms with Crippen molar-refractivity contribution in [3.63, 3.8) is 0 Å². The average Bonchev–Trinajstić information content (AvgIpc) is 2.45. The van der Waals surface area contributed by atoms with Gasteiger partial charge in [-0.15, -0.1) is 0 Å². The molecule has 0 aromatic heterocycles. The molecule has 0 spiro atoms. The summed E-state index contributed by atoms with van der Waals surface area (Å²) in [6.45, 7) is 5.80. The highest BCUT2D eigenvalue weighted by atomic mass is 19.2. The van der Waals surface area contributed by atoms with Gasteiger partial charge < -0.3 is 9.47 Å². The standard InChI is InChI=1S/C16H16F3NO4/c1-5-23-14(21)8-6-10(17)11(13(19)12(8)18)9(7-20)15(22)24-16(2,3)4/h6,9H,5H2,1-4H3. The van der Waals surface area contributed by atoms with Crippen molar-refractivity contribution >= 4 is 11.9 Å². The third-order valence-corrected chi connectivity index (χ3v) is 2.75. The van der Waals surface area contributed by atoms with E-state index in [9.17, 15) is 22.8 Å². The second-order valence-corrected chi connectivity index (χ2v) is 5.76. The highest BCUT2D eigenvalue weighted by molar-refractivity contribution is 5.90. The first-order valence-corrected chi connectivity index (χ1v) is 7.00. The molecule has 0 aliphatic carbocycles. The maximum absolute atomic E-state index is 14.2. The molecule has 0 N–H and O–H groups in total. The van der Waals surface area contributed by atoms with E-state index in [0.717, 1.165) is 0 Å². The predicted molar refractivity (Wildman–Crippen MR) is 76.5 cm³/mol. The zero-order valence-electron chi connectivity index (χ0n) is 13.6. The van der Waals surface area contributed by atoms with Crippen LogP contribution in [0.3, 0.4) is 0 Å². The van der Waals surface area contributed by atoms with Gasteiger partial charge in [0.25, 0.3) is 0 Å². The predicted octanol–water partition coefficient (Wildman–Crippen LogP) is 3.23. The van der Waals surface area contributed by atoms with E-state index in [4.69, 9.17) is 10.00 Å². The summed E-state index contributed by atoms with van der Waals surface area (Å²) < 4.78 is 51.7. The molecule has 0 aliphatic heterocycles. The Morgan fingerprint density at radius 1 is 1.25 bits per heavy atom. The first-order chi connectivity index (χ1) is 11.0. The fourth-order valence-electron chi connectivity index (χ4n) is 1.83. The Hall–Kier alpha value is -2.56. The van der Waals surface area contributed by atoms with Crippen molar-refractivity contribution in [1.29, 1.82) is 5.26 Å². The van der Waals surface area contributed by atoms with E-state index in [1.54, 1.807) is 0 Å². The summed E-state index contributed by atoms with van der Waals surface area (Å²) >= 11 is 0. The monoisotopic (exact) mass is 343 g/mol. The lowest BCUT2D eigenvalue weighted by Gasteiger charge is -2.22. The number of esters is 2. The number of hydrogen-bond acceptors (Lipinski definition) is 5. The van der Waals surface area contributed by atoms with Gasteiger partial charge in [0.15, 0.2) is 17.6 Å². The van der Waals surface area contributed by atoms with Crippen LogP contribution in [0.15, 0.2) is 6.07 Å². The van der Waals surface area contributed by atoms with Gasteiger partial charge >= 0.3 is 11.9 Å². The number of nitrogens with zero attached hydrogens (tertiary/aromatic N) is 1. The number of carbonyl (C=O) groups is 2. The molecule has 1 aromatic carbocycles. The first kappa shape index (κ1) is 19.5. The molecule has 24 heavy (non-hydrogen) atoms. The van der Waals surface area contributed by atoms with Gasteiger partial charge in [0, 0.05) is 0 Å². The molecule has 0 aliphatic rings. The van der Waals surface area contributed by atoms with Crippen LogP contribution >= 0.6 is 0 Å². The molecule has 0 saturated carbocycles. The molecular weight excluding hydrogens is 327 g/mol. The van der Waals surface area contributed by atoms with Gasteiger partial charge in [0.1, 0.15) is 17.0 Å². The molecule has 130 valence electrons. The first-order valence-electron chi connectivity index (χ1n) is 7.00. The second kappa shape index (κ2) is 7.34. The zero-order chi connectivity index (χ0) is 18.7. The maximum atomic E-state index is 14.2. The largest absolute Gasteiger partial charge is 0.462 e. The SMILES string of the molecule is CCOC(=O)c1cc(F)c(C(C#N)C(=O)OC(C)(C)C)c(F)c1F. The van der Waals surface area contributed by atoms with Crippen molar-refractivity contribution in [2.45, 2.75) is 39.2 Å². The lowest BCUT2D eigenvalue weighted by Crippen LogP contribution is -2.28. The number of ether oxygens (including phenoxy) is 2. The number of rotatable bonds is 4. The number of nitriles is 1. The minimum absolute atomic E-state index is 0.123. The molecule has 1 atom stereocenters. The van der Waals surface area contributed by atoms with Gasteiger partial charge in [0.2, 0.25) is 0 Å². The van der Waals surface area contributed by atoms with Crippen molar-refractivity contribution < 1.29 is 32.2 Å². The Morgan fingerprint density at radius 2 is 1.83 bits per heavy atom. The molecule has 0 bridgehead atoms. The van der Waals surface area contributed by atoms with Crippen LogP contribution in [0.1, 0.15) is 49.5 Å². The number of carbonyl (C=O) groups excluding carboxylic acids is 2. The number of halogens is 3. The van der Waals surface area contributed by atoms with Gasteiger partial charge in [0.05, 0.1) is 18.2 Å². The highest BCUT2D eigenvalue weighted by Gasteiger charge is 2.34. The van der Waals surface area contributed by atoms with Crippen molar-refractivity contribution in [2.24, 2.45) is 0 Å². The summed E-state index contributed by atoms with van der Waals surface area (Å²) in [5.74, 6) is -9.44. The molecule has 1 rings (SSSR count). The van der Waals surface area contributed by atoms with Crippen LogP contribution in [0.25, 0.3) is 0 Å². The Kier molecular flexibility index (Phi) is 5.96. The fraction of sp³-hybridized carbons (Fsp3) is 0.438. The maximum Gasteiger partial charge on any atom is 0.341 e. The Balaban J connectivity index is 3.39. The van der Waals surface area contributed by atoms with Crippen LogP contribution in [0.4, 0.5) is 13.2 Å². The van der Waals surface area contributed by atoms with E-state index in [-0.39, 0.29) is 6.61 Å². The molecule has 0 fully saturated rings. The quantitative estimate of drug-likeness (QED) is 0.620. The van der Waals surface area contributed by atoms with E-state index in [1.165, 1.54) is 33.8 Å². The molecule has 0 radical (unpaired) electrons. The van der Waals surface area contributed by atoms with E-state index < -0.39 is 52.0 Å². The van der Waals surface area contributed by atoms with Crippen LogP contribution in [-0.4, -0.2) is 24.1 Å². The van der Waals surface area contributed by atoms with Crippen molar-refractivity contribution in [3.05, 3.63) is 34.6 Å². The Labute approximate surface area is 137 Å². The number of hydrogen-bond donors (Lipinski definition) is 0. The summed E-state index contributed by atoms with van der Waals surface area (Å²) in [5.41, 5.74) is -3.09. The second-order valence-electron chi connectivity index (χ2n) is 5.76. The van der Waals surface area contributed by atoms with Crippen LogP contribution < -0.4 is 0 Å². The lowest BCUT2D eigenvalue weighted by molar-refractivity contribution is -0.155. The van der Waals surface area contributed by atoms with Gasteiger partial charge in [-0.25, -0.2) is 18.0 Å². The van der Waals surface area contributed by atoms with Crippen LogP contribution in [-0.2, 0) is 14.3 Å². The molecule has 0 amide bonds. The van der Waals surface area contributed by atoms with E-state index in [2.05, 4.69) is 4.74 Å². The molecule has 0 heterocycles. The van der Waals surface area contributed by atoms with Gasteiger partial charge in [-0.2, -0.15) is 5.26 Å². The minimum Gasteiger partial charge on any atom is -0.462 e. The molecule has 8 heteroatoms. The molecule has 5 nitrogen and oxygen atoms in total. The summed E-state index contributed by atoms with van der Waals surface area (Å²) in [5, 5.41) is 9.05. The molecule has 0 saturated heterocycles. The Bertz CT molecular complexity index is 705. The van der Waals surface area contributed by atoms with Crippen LogP contribution in [0, 0.1) is 28.8 Å². The molecule has 1 unspecified atom stereocenters. The summed E-state index contributed by atoms with van der Waals surface area (Å²) in [6.07, 6.45) is 0. The van der Waals surface area contributed by atoms with Crippen LogP contribution in [0.2, 0.25) is 0 Å². The van der Waals surface area contributed by atoms with Gasteiger partial charge in [-0.3, -0.25) is 4.79 Å². The molecular formula is C16H16F3NO4.